The Hall–Kier alpha value is -0.140. The molecule has 3 N–H and O–H groups in total. The van der Waals surface area contributed by atoms with E-state index in [-0.39, 0.29) is 18.1 Å². The van der Waals surface area contributed by atoms with E-state index in [2.05, 4.69) is 4.99 Å². The second-order valence-electron chi connectivity index (χ2n) is 4.99. The van der Waals surface area contributed by atoms with E-state index in [9.17, 15) is 10.2 Å². The number of hydrogen-bond donors (Lipinski definition) is 3. The first-order chi connectivity index (χ1) is 8.19. The van der Waals surface area contributed by atoms with Gasteiger partial charge in [0.25, 0.3) is 0 Å². The van der Waals surface area contributed by atoms with Crippen molar-refractivity contribution in [1.29, 1.82) is 0 Å². The summed E-state index contributed by atoms with van der Waals surface area (Å²) in [6.45, 7) is -0.278. The number of hydrogen-bond acceptors (Lipinski definition) is 6. The van der Waals surface area contributed by atoms with E-state index in [0.29, 0.717) is 0 Å². The highest BCUT2D eigenvalue weighted by Crippen LogP contribution is 2.41. The number of aliphatic hydroxyl groups excluding tert-OH is 3. The zero-order chi connectivity index (χ0) is 12.0. The Morgan fingerprint density at radius 2 is 2.06 bits per heavy atom. The molecule has 0 aromatic heterocycles. The molecule has 0 aromatic carbocycles. The highest BCUT2D eigenvalue weighted by atomic mass is 32.2. The highest BCUT2D eigenvalue weighted by Gasteiger charge is 2.48. The van der Waals surface area contributed by atoms with Crippen LogP contribution in [0.2, 0.25) is 0 Å². The fourth-order valence-electron chi connectivity index (χ4n) is 2.30. The number of nitrogens with zero attached hydrogens (tertiary/aromatic N) is 1. The van der Waals surface area contributed by atoms with Crippen LogP contribution in [0.1, 0.15) is 19.3 Å². The molecule has 1 aliphatic carbocycles. The largest absolute Gasteiger partial charge is 0.394 e. The molecule has 5 nitrogen and oxygen atoms in total. The molecule has 0 amide bonds. The Morgan fingerprint density at radius 1 is 1.29 bits per heavy atom. The predicted octanol–water partition coefficient (Wildman–Crippen LogP) is -0.261. The van der Waals surface area contributed by atoms with Crippen LogP contribution < -0.4 is 0 Å². The Morgan fingerprint density at radius 3 is 2.71 bits per heavy atom. The fraction of sp³-hybridized carbons (Fsp3) is 0.909. The summed E-state index contributed by atoms with van der Waals surface area (Å²) < 4.78 is 5.56. The second-order valence-corrected chi connectivity index (χ2v) is 6.16. The molecule has 96 valence electrons. The average Bonchev–Trinajstić information content (AvgIpc) is 3.02. The number of aliphatic hydroxyl groups is 3. The van der Waals surface area contributed by atoms with Gasteiger partial charge in [0.1, 0.15) is 29.8 Å². The maximum absolute atomic E-state index is 9.96. The topological polar surface area (TPSA) is 82.3 Å². The summed E-state index contributed by atoms with van der Waals surface area (Å²) in [5.74, 6) is 0.747. The number of fused-ring (bicyclic) bond motifs is 1. The summed E-state index contributed by atoms with van der Waals surface area (Å²) in [6, 6.07) is -0.383. The molecule has 0 bridgehead atoms. The van der Waals surface area contributed by atoms with Crippen LogP contribution in [-0.4, -0.2) is 56.8 Å². The Kier molecular flexibility index (Phi) is 3.16. The maximum atomic E-state index is 9.96. The minimum absolute atomic E-state index is 0.251. The first-order valence-electron chi connectivity index (χ1n) is 6.05. The second kappa shape index (κ2) is 4.51. The maximum Gasteiger partial charge on any atom is 0.134 e. The molecule has 1 saturated carbocycles. The van der Waals surface area contributed by atoms with Crippen LogP contribution in [-0.2, 0) is 4.74 Å². The van der Waals surface area contributed by atoms with E-state index in [1.807, 2.05) is 0 Å². The van der Waals surface area contributed by atoms with Gasteiger partial charge in [-0.3, -0.25) is 4.99 Å². The van der Waals surface area contributed by atoms with Crippen LogP contribution in [0, 0.1) is 5.92 Å². The Bertz CT molecular complexity index is 333. The number of aliphatic imine (C=N–C) groups is 1. The summed E-state index contributed by atoms with van der Waals surface area (Å²) in [7, 11) is 0. The smallest absolute Gasteiger partial charge is 0.134 e. The van der Waals surface area contributed by atoms with E-state index >= 15 is 0 Å². The first kappa shape index (κ1) is 11.9. The van der Waals surface area contributed by atoms with Gasteiger partial charge in [-0.15, -0.1) is 0 Å². The summed E-state index contributed by atoms with van der Waals surface area (Å²) in [5, 5.41) is 29.8. The molecule has 17 heavy (non-hydrogen) atoms. The van der Waals surface area contributed by atoms with Gasteiger partial charge in [0.15, 0.2) is 0 Å². The molecular weight excluding hydrogens is 242 g/mol. The van der Waals surface area contributed by atoms with Crippen molar-refractivity contribution in [2.45, 2.75) is 49.1 Å². The van der Waals surface area contributed by atoms with Crippen LogP contribution in [0.15, 0.2) is 4.99 Å². The number of thioether (sulfide) groups is 1. The summed E-state index contributed by atoms with van der Waals surface area (Å²) >= 11 is 1.53. The van der Waals surface area contributed by atoms with Crippen molar-refractivity contribution >= 4 is 16.8 Å². The normalized spacial score (nSPS) is 45.6. The zero-order valence-corrected chi connectivity index (χ0v) is 10.2. The third-order valence-corrected chi connectivity index (χ3v) is 4.72. The highest BCUT2D eigenvalue weighted by molar-refractivity contribution is 8.14. The fourth-order valence-corrected chi connectivity index (χ4v) is 3.64. The van der Waals surface area contributed by atoms with Crippen molar-refractivity contribution in [1.82, 2.24) is 0 Å². The van der Waals surface area contributed by atoms with Crippen LogP contribution in [0.5, 0.6) is 0 Å². The summed E-state index contributed by atoms with van der Waals surface area (Å²) in [5.41, 5.74) is -0.251. The standard InChI is InChI=1S/C11H17NO4S/c13-4-6-9(14)10(15)8-11(16-6)17-7(12-8)3-5-1-2-5/h5-6,8-11,13-15H,1-4H2/t6-,8?,9-,10-,11?/m1/s1. The lowest BCUT2D eigenvalue weighted by atomic mass is 9.99. The van der Waals surface area contributed by atoms with Gasteiger partial charge in [-0.05, 0) is 25.2 Å². The van der Waals surface area contributed by atoms with Crippen LogP contribution in [0.25, 0.3) is 0 Å². The van der Waals surface area contributed by atoms with Gasteiger partial charge in [0.2, 0.25) is 0 Å². The number of ether oxygens (including phenoxy) is 1. The lowest BCUT2D eigenvalue weighted by molar-refractivity contribution is -0.164. The molecule has 2 aliphatic heterocycles. The lowest BCUT2D eigenvalue weighted by Gasteiger charge is -2.37. The number of rotatable bonds is 3. The molecule has 3 rings (SSSR count). The average molecular weight is 259 g/mol. The van der Waals surface area contributed by atoms with E-state index in [4.69, 9.17) is 9.84 Å². The van der Waals surface area contributed by atoms with Crippen LogP contribution in [0.4, 0.5) is 0 Å². The van der Waals surface area contributed by atoms with Gasteiger partial charge < -0.3 is 20.1 Å². The van der Waals surface area contributed by atoms with Crippen molar-refractivity contribution in [3.05, 3.63) is 0 Å². The molecule has 3 aliphatic rings. The summed E-state index contributed by atoms with van der Waals surface area (Å²) in [6.07, 6.45) is 0.809. The Labute approximate surface area is 104 Å². The molecule has 1 saturated heterocycles. The quantitative estimate of drug-likeness (QED) is 0.650. The van der Waals surface area contributed by atoms with Gasteiger partial charge >= 0.3 is 0 Å². The molecular formula is C11H17NO4S. The molecule has 2 unspecified atom stereocenters. The molecule has 2 fully saturated rings. The molecule has 0 radical (unpaired) electrons. The van der Waals surface area contributed by atoms with Crippen molar-refractivity contribution in [3.8, 4) is 0 Å². The van der Waals surface area contributed by atoms with Crippen molar-refractivity contribution in [2.75, 3.05) is 6.61 Å². The molecule has 5 atom stereocenters. The van der Waals surface area contributed by atoms with E-state index in [1.54, 1.807) is 0 Å². The van der Waals surface area contributed by atoms with E-state index in [0.717, 1.165) is 17.4 Å². The minimum atomic E-state index is -1.05. The van der Waals surface area contributed by atoms with Crippen molar-refractivity contribution < 1.29 is 20.1 Å². The van der Waals surface area contributed by atoms with Gasteiger partial charge in [-0.25, -0.2) is 0 Å². The van der Waals surface area contributed by atoms with Gasteiger partial charge in [-0.1, -0.05) is 11.8 Å². The SMILES string of the molecule is OC[C@H]1OC2SC(CC3CC3)=NC2[C@@H](O)[C@@H]1O. The monoisotopic (exact) mass is 259 g/mol. The predicted molar refractivity (Wildman–Crippen MR) is 63.9 cm³/mol. The van der Waals surface area contributed by atoms with Crippen molar-refractivity contribution in [3.63, 3.8) is 0 Å². The van der Waals surface area contributed by atoms with E-state index < -0.39 is 18.3 Å². The lowest BCUT2D eigenvalue weighted by Crippen LogP contribution is -2.55. The molecule has 0 spiro atoms. The van der Waals surface area contributed by atoms with Crippen LogP contribution >= 0.6 is 11.8 Å². The zero-order valence-electron chi connectivity index (χ0n) is 9.40. The Balaban J connectivity index is 1.69. The van der Waals surface area contributed by atoms with E-state index in [1.165, 1.54) is 24.6 Å². The third kappa shape index (κ3) is 2.24. The third-order valence-electron chi connectivity index (χ3n) is 3.55. The minimum Gasteiger partial charge on any atom is -0.394 e. The van der Waals surface area contributed by atoms with Crippen molar-refractivity contribution in [2.24, 2.45) is 10.9 Å². The molecule has 0 aromatic rings. The van der Waals surface area contributed by atoms with Gasteiger partial charge in [-0.2, -0.15) is 0 Å². The van der Waals surface area contributed by atoms with Crippen LogP contribution in [0.3, 0.4) is 0 Å². The van der Waals surface area contributed by atoms with Gasteiger partial charge in [0, 0.05) is 0 Å². The van der Waals surface area contributed by atoms with Gasteiger partial charge in [0.05, 0.1) is 11.7 Å². The molecule has 6 heteroatoms. The molecule has 2 heterocycles. The first-order valence-corrected chi connectivity index (χ1v) is 6.93. The summed E-state index contributed by atoms with van der Waals surface area (Å²) in [4.78, 5) is 4.45.